The van der Waals surface area contributed by atoms with E-state index in [0.717, 1.165) is 0 Å². The maximum absolute atomic E-state index is 2.42. The second kappa shape index (κ2) is 6.59. The summed E-state index contributed by atoms with van der Waals surface area (Å²) < 4.78 is 2.28. The molecule has 0 saturated carbocycles. The molecule has 0 aliphatic heterocycles. The van der Waals surface area contributed by atoms with Crippen molar-refractivity contribution in [3.63, 3.8) is 0 Å². The number of fused-ring (bicyclic) bond motifs is 1. The van der Waals surface area contributed by atoms with Crippen molar-refractivity contribution in [1.82, 2.24) is 0 Å². The van der Waals surface area contributed by atoms with Crippen LogP contribution in [-0.2, 0) is 12.5 Å². The standard InChI is InChI=1S/C25H34NSi/c1-17-14-20(25(3,4)5)16-23(18(17)2)24-22-11-10-21(27(7,8)9)15-19(22)12-13-26(24)6/h10-16H,1-9H3/q+1. The molecule has 1 heterocycles. The van der Waals surface area contributed by atoms with Gasteiger partial charge in [0, 0.05) is 6.07 Å². The number of aryl methyl sites for hydroxylation is 2. The molecule has 142 valence electrons. The van der Waals surface area contributed by atoms with Crippen LogP contribution in [0, 0.1) is 13.8 Å². The number of benzene rings is 2. The number of aromatic nitrogens is 1. The van der Waals surface area contributed by atoms with Crippen LogP contribution in [0.2, 0.25) is 19.6 Å². The third kappa shape index (κ3) is 3.73. The van der Waals surface area contributed by atoms with Gasteiger partial charge in [-0.05, 0) is 53.5 Å². The smallest absolute Gasteiger partial charge is 0.200 e. The summed E-state index contributed by atoms with van der Waals surface area (Å²) in [5, 5.41) is 4.21. The molecule has 0 atom stereocenters. The molecule has 0 aliphatic carbocycles. The Balaban J connectivity index is 2.35. The predicted octanol–water partition coefficient (Wildman–Crippen LogP) is 5.79. The second-order valence-corrected chi connectivity index (χ2v) is 15.1. The number of hydrogen-bond acceptors (Lipinski definition) is 0. The molecule has 0 fully saturated rings. The van der Waals surface area contributed by atoms with Crippen molar-refractivity contribution in [1.29, 1.82) is 0 Å². The minimum Gasteiger partial charge on any atom is -0.200 e. The molecular weight excluding hydrogens is 342 g/mol. The van der Waals surface area contributed by atoms with Crippen molar-refractivity contribution in [3.05, 3.63) is 59.3 Å². The Morgan fingerprint density at radius 2 is 1.56 bits per heavy atom. The van der Waals surface area contributed by atoms with Crippen LogP contribution < -0.4 is 9.75 Å². The summed E-state index contributed by atoms with van der Waals surface area (Å²) in [6.45, 7) is 18.6. The average molecular weight is 377 g/mol. The monoisotopic (exact) mass is 376 g/mol. The zero-order valence-corrected chi connectivity index (χ0v) is 19.5. The molecule has 3 rings (SSSR count). The number of pyridine rings is 1. The van der Waals surface area contributed by atoms with Gasteiger partial charge < -0.3 is 0 Å². The van der Waals surface area contributed by atoms with Gasteiger partial charge in [0.2, 0.25) is 5.69 Å². The van der Waals surface area contributed by atoms with Gasteiger partial charge in [0.15, 0.2) is 6.20 Å². The van der Waals surface area contributed by atoms with Crippen LogP contribution in [0.15, 0.2) is 42.6 Å². The summed E-state index contributed by atoms with van der Waals surface area (Å²) in [5.41, 5.74) is 6.96. The van der Waals surface area contributed by atoms with Gasteiger partial charge in [-0.2, -0.15) is 0 Å². The molecule has 1 nitrogen and oxygen atoms in total. The summed E-state index contributed by atoms with van der Waals surface area (Å²) in [4.78, 5) is 0. The summed E-state index contributed by atoms with van der Waals surface area (Å²) >= 11 is 0. The van der Waals surface area contributed by atoms with E-state index in [9.17, 15) is 0 Å². The fourth-order valence-electron chi connectivity index (χ4n) is 3.71. The highest BCUT2D eigenvalue weighted by atomic mass is 28.3. The molecule has 0 N–H and O–H groups in total. The Hall–Kier alpha value is -1.93. The lowest BCUT2D eigenvalue weighted by atomic mass is 9.83. The molecule has 27 heavy (non-hydrogen) atoms. The molecule has 0 aliphatic rings. The fourth-order valence-corrected chi connectivity index (χ4v) is 4.88. The van der Waals surface area contributed by atoms with Gasteiger partial charge in [-0.25, -0.2) is 4.57 Å². The molecule has 0 amide bonds. The number of hydrogen-bond donors (Lipinski definition) is 0. The molecule has 0 radical (unpaired) electrons. The first kappa shape index (κ1) is 19.8. The molecule has 3 aromatic rings. The van der Waals surface area contributed by atoms with Gasteiger partial charge in [-0.3, -0.25) is 0 Å². The molecule has 1 aromatic heterocycles. The van der Waals surface area contributed by atoms with Gasteiger partial charge in [0.1, 0.15) is 7.05 Å². The highest BCUT2D eigenvalue weighted by molar-refractivity contribution is 6.88. The molecule has 0 saturated heterocycles. The summed E-state index contributed by atoms with van der Waals surface area (Å²) in [6, 6.07) is 14.1. The van der Waals surface area contributed by atoms with E-state index < -0.39 is 8.07 Å². The third-order valence-corrected chi connectivity index (χ3v) is 7.83. The molecule has 0 bridgehead atoms. The predicted molar refractivity (Wildman–Crippen MR) is 122 cm³/mol. The first-order chi connectivity index (χ1) is 12.4. The topological polar surface area (TPSA) is 3.88 Å². The summed E-state index contributed by atoms with van der Waals surface area (Å²) in [7, 11) is 0.845. The van der Waals surface area contributed by atoms with Crippen LogP contribution >= 0.6 is 0 Å². The van der Waals surface area contributed by atoms with E-state index in [2.05, 4.69) is 108 Å². The highest BCUT2D eigenvalue weighted by Gasteiger charge is 2.23. The Kier molecular flexibility index (Phi) is 4.84. The average Bonchev–Trinajstić information content (AvgIpc) is 2.55. The van der Waals surface area contributed by atoms with Gasteiger partial charge >= 0.3 is 0 Å². The quantitative estimate of drug-likeness (QED) is 0.394. The second-order valence-electron chi connectivity index (χ2n) is 10.0. The first-order valence-electron chi connectivity index (χ1n) is 9.94. The SMILES string of the molecule is Cc1cc(C(C)(C)C)cc(-c2c3ccc([Si](C)(C)C)cc3cc[n+]2C)c1C. The lowest BCUT2D eigenvalue weighted by Gasteiger charge is -2.22. The van der Waals surface area contributed by atoms with E-state index >= 15 is 0 Å². The zero-order valence-electron chi connectivity index (χ0n) is 18.5. The summed E-state index contributed by atoms with van der Waals surface area (Å²) in [6.07, 6.45) is 2.21. The first-order valence-corrected chi connectivity index (χ1v) is 13.4. The van der Waals surface area contributed by atoms with E-state index in [1.54, 1.807) is 0 Å². The van der Waals surface area contributed by atoms with Crippen molar-refractivity contribution < 1.29 is 4.57 Å². The zero-order chi connectivity index (χ0) is 20.1. The molecule has 2 heteroatoms. The van der Waals surface area contributed by atoms with Crippen molar-refractivity contribution >= 4 is 24.0 Å². The van der Waals surface area contributed by atoms with Gasteiger partial charge in [0.05, 0.1) is 19.0 Å². The molecule has 2 aromatic carbocycles. The van der Waals surface area contributed by atoms with E-state index in [1.165, 1.54) is 43.9 Å². The lowest BCUT2D eigenvalue weighted by molar-refractivity contribution is -0.659. The number of rotatable bonds is 2. The number of nitrogens with zero attached hydrogens (tertiary/aromatic N) is 1. The van der Waals surface area contributed by atoms with Crippen molar-refractivity contribution in [3.8, 4) is 11.3 Å². The van der Waals surface area contributed by atoms with E-state index in [4.69, 9.17) is 0 Å². The van der Waals surface area contributed by atoms with E-state index in [-0.39, 0.29) is 5.41 Å². The Bertz CT molecular complexity index is 1020. The van der Waals surface area contributed by atoms with Crippen LogP contribution in [0.5, 0.6) is 0 Å². The van der Waals surface area contributed by atoms with Gasteiger partial charge in [0.25, 0.3) is 0 Å². The largest absolute Gasteiger partial charge is 0.220 e. The van der Waals surface area contributed by atoms with Crippen molar-refractivity contribution in [2.75, 3.05) is 0 Å². The van der Waals surface area contributed by atoms with Crippen LogP contribution in [0.4, 0.5) is 0 Å². The molecule has 0 unspecified atom stereocenters. The normalized spacial score (nSPS) is 12.6. The Labute approximate surface area is 166 Å². The fraction of sp³-hybridized carbons (Fsp3) is 0.400. The van der Waals surface area contributed by atoms with Crippen molar-refractivity contribution in [2.45, 2.75) is 59.7 Å². The van der Waals surface area contributed by atoms with Gasteiger partial charge in [-0.15, -0.1) is 0 Å². The van der Waals surface area contributed by atoms with E-state index in [1.807, 2.05) is 0 Å². The minimum absolute atomic E-state index is 0.140. The maximum Gasteiger partial charge on any atom is 0.220 e. The minimum atomic E-state index is -1.32. The Morgan fingerprint density at radius 1 is 0.889 bits per heavy atom. The Morgan fingerprint density at radius 3 is 2.15 bits per heavy atom. The van der Waals surface area contributed by atoms with Crippen molar-refractivity contribution in [2.24, 2.45) is 7.05 Å². The van der Waals surface area contributed by atoms with Gasteiger partial charge in [-0.1, -0.05) is 63.8 Å². The summed E-state index contributed by atoms with van der Waals surface area (Å²) in [5.74, 6) is 0. The molecular formula is C25H34NSi+. The molecule has 0 spiro atoms. The highest BCUT2D eigenvalue weighted by Crippen LogP contribution is 2.34. The third-order valence-electron chi connectivity index (χ3n) is 5.79. The van der Waals surface area contributed by atoms with E-state index in [0.29, 0.717) is 0 Å². The lowest BCUT2D eigenvalue weighted by Crippen LogP contribution is -2.37. The van der Waals surface area contributed by atoms with Crippen LogP contribution in [0.1, 0.15) is 37.5 Å². The van der Waals surface area contributed by atoms with Crippen LogP contribution in [-0.4, -0.2) is 8.07 Å². The van der Waals surface area contributed by atoms with Crippen LogP contribution in [0.3, 0.4) is 0 Å². The maximum atomic E-state index is 2.42. The van der Waals surface area contributed by atoms with Crippen LogP contribution in [0.25, 0.3) is 22.0 Å².